The topological polar surface area (TPSA) is 45.5 Å². The van der Waals surface area contributed by atoms with Gasteiger partial charge in [-0.25, -0.2) is 4.98 Å². The molecule has 0 amide bonds. The van der Waals surface area contributed by atoms with Gasteiger partial charge in [0, 0.05) is 11.4 Å². The highest BCUT2D eigenvalue weighted by molar-refractivity contribution is 7.98. The van der Waals surface area contributed by atoms with E-state index in [1.54, 1.807) is 11.8 Å². The molecule has 4 aromatic rings. The summed E-state index contributed by atoms with van der Waals surface area (Å²) >= 11 is 1.70. The zero-order chi connectivity index (χ0) is 19.6. The van der Waals surface area contributed by atoms with Gasteiger partial charge >= 0.3 is 0 Å². The van der Waals surface area contributed by atoms with Crippen LogP contribution in [0.4, 0.5) is 0 Å². The highest BCUT2D eigenvalue weighted by Gasteiger charge is 2.16. The molecule has 146 valence electrons. The minimum absolute atomic E-state index is 0.291. The molecule has 2 heterocycles. The fourth-order valence-corrected chi connectivity index (χ4v) is 4.36. The highest BCUT2D eigenvalue weighted by atomic mass is 32.2. The second-order valence-electron chi connectivity index (χ2n) is 6.62. The van der Waals surface area contributed by atoms with E-state index in [0.717, 1.165) is 44.9 Å². The van der Waals surface area contributed by atoms with Crippen LogP contribution in [0.25, 0.3) is 16.7 Å². The number of rotatable bonds is 6. The van der Waals surface area contributed by atoms with E-state index >= 15 is 0 Å². The highest BCUT2D eigenvalue weighted by Crippen LogP contribution is 2.35. The predicted octanol–water partition coefficient (Wildman–Crippen LogP) is 5.45. The summed E-state index contributed by atoms with van der Waals surface area (Å²) < 4.78 is 18.7. The van der Waals surface area contributed by atoms with Gasteiger partial charge in [0.1, 0.15) is 5.75 Å². The second kappa shape index (κ2) is 7.72. The van der Waals surface area contributed by atoms with Gasteiger partial charge in [-0.1, -0.05) is 30.0 Å². The molecular weight excluding hydrogens is 384 g/mol. The van der Waals surface area contributed by atoms with Gasteiger partial charge < -0.3 is 14.2 Å². The van der Waals surface area contributed by atoms with Gasteiger partial charge in [-0.2, -0.15) is 0 Å². The van der Waals surface area contributed by atoms with Crippen LogP contribution in [0, 0.1) is 0 Å². The quantitative estimate of drug-likeness (QED) is 0.400. The van der Waals surface area contributed by atoms with E-state index < -0.39 is 0 Å². The zero-order valence-corrected chi connectivity index (χ0v) is 16.8. The van der Waals surface area contributed by atoms with Crippen molar-refractivity contribution in [1.82, 2.24) is 9.55 Å². The number of ether oxygens (including phenoxy) is 3. The smallest absolute Gasteiger partial charge is 0.231 e. The Hall–Kier alpha value is -3.12. The monoisotopic (exact) mass is 404 g/mol. The Morgan fingerprint density at radius 1 is 1.00 bits per heavy atom. The summed E-state index contributed by atoms with van der Waals surface area (Å²) in [7, 11) is 0. The molecule has 0 saturated heterocycles. The van der Waals surface area contributed by atoms with E-state index in [1.807, 2.05) is 49.4 Å². The van der Waals surface area contributed by atoms with Crippen LogP contribution >= 0.6 is 11.8 Å². The van der Waals surface area contributed by atoms with Crippen molar-refractivity contribution in [3.05, 3.63) is 72.3 Å². The Morgan fingerprint density at radius 3 is 2.69 bits per heavy atom. The van der Waals surface area contributed by atoms with E-state index in [9.17, 15) is 0 Å². The summed E-state index contributed by atoms with van der Waals surface area (Å²) in [6.45, 7) is 2.94. The molecule has 29 heavy (non-hydrogen) atoms. The first-order chi connectivity index (χ1) is 14.3. The number of hydrogen-bond acceptors (Lipinski definition) is 5. The van der Waals surface area contributed by atoms with Crippen molar-refractivity contribution in [2.24, 2.45) is 0 Å². The van der Waals surface area contributed by atoms with E-state index in [2.05, 4.69) is 28.8 Å². The van der Waals surface area contributed by atoms with Crippen LogP contribution in [0.3, 0.4) is 0 Å². The minimum Gasteiger partial charge on any atom is -0.494 e. The Morgan fingerprint density at radius 2 is 1.83 bits per heavy atom. The average Bonchev–Trinajstić information content (AvgIpc) is 3.37. The van der Waals surface area contributed by atoms with Gasteiger partial charge in [0.2, 0.25) is 6.79 Å². The van der Waals surface area contributed by atoms with Gasteiger partial charge in [-0.15, -0.1) is 0 Å². The molecule has 5 rings (SSSR count). The van der Waals surface area contributed by atoms with Crippen molar-refractivity contribution in [2.75, 3.05) is 13.4 Å². The first kappa shape index (κ1) is 17.9. The van der Waals surface area contributed by atoms with E-state index in [-0.39, 0.29) is 0 Å². The fraction of sp³-hybridized carbons (Fsp3) is 0.174. The molecule has 6 heteroatoms. The Bertz CT molecular complexity index is 1150. The number of aromatic nitrogens is 2. The third-order valence-corrected chi connectivity index (χ3v) is 5.75. The van der Waals surface area contributed by atoms with Crippen molar-refractivity contribution < 1.29 is 14.2 Å². The Kier molecular flexibility index (Phi) is 4.77. The lowest BCUT2D eigenvalue weighted by Gasteiger charge is -2.10. The van der Waals surface area contributed by atoms with Crippen LogP contribution in [0.15, 0.2) is 71.9 Å². The normalized spacial score (nSPS) is 12.4. The molecule has 0 fully saturated rings. The van der Waals surface area contributed by atoms with Crippen molar-refractivity contribution >= 4 is 22.8 Å². The molecule has 1 aliphatic heterocycles. The lowest BCUT2D eigenvalue weighted by atomic mass is 10.2. The summed E-state index contributed by atoms with van der Waals surface area (Å²) in [4.78, 5) is 4.87. The summed E-state index contributed by atoms with van der Waals surface area (Å²) in [5.41, 5.74) is 4.30. The summed E-state index contributed by atoms with van der Waals surface area (Å²) in [6.07, 6.45) is 0. The molecule has 0 saturated carbocycles. The number of hydrogen-bond donors (Lipinski definition) is 0. The fourth-order valence-electron chi connectivity index (χ4n) is 3.39. The number of benzene rings is 3. The molecule has 1 aliphatic rings. The molecule has 3 aromatic carbocycles. The molecule has 0 unspecified atom stereocenters. The van der Waals surface area contributed by atoms with E-state index in [0.29, 0.717) is 13.4 Å². The van der Waals surface area contributed by atoms with Crippen LogP contribution in [0.5, 0.6) is 17.2 Å². The largest absolute Gasteiger partial charge is 0.494 e. The minimum atomic E-state index is 0.291. The van der Waals surface area contributed by atoms with Crippen LogP contribution < -0.4 is 14.2 Å². The first-order valence-electron chi connectivity index (χ1n) is 9.54. The van der Waals surface area contributed by atoms with E-state index in [1.165, 1.54) is 5.56 Å². The average molecular weight is 404 g/mol. The van der Waals surface area contributed by atoms with Crippen molar-refractivity contribution in [2.45, 2.75) is 17.8 Å². The second-order valence-corrected chi connectivity index (χ2v) is 7.56. The van der Waals surface area contributed by atoms with Gasteiger partial charge in [0.15, 0.2) is 16.7 Å². The number of fused-ring (bicyclic) bond motifs is 2. The van der Waals surface area contributed by atoms with Crippen molar-refractivity contribution in [3.8, 4) is 22.9 Å². The SMILES string of the molecule is CCOc1ccc(-n2c(SCc3ccc4c(c3)OCO4)nc3ccccc32)cc1. The lowest BCUT2D eigenvalue weighted by Crippen LogP contribution is -1.98. The van der Waals surface area contributed by atoms with E-state index in [4.69, 9.17) is 19.2 Å². The number of thioether (sulfide) groups is 1. The van der Waals surface area contributed by atoms with Crippen LogP contribution in [0.1, 0.15) is 12.5 Å². The molecule has 0 aliphatic carbocycles. The number of imidazole rings is 1. The maximum Gasteiger partial charge on any atom is 0.231 e. The molecule has 0 spiro atoms. The predicted molar refractivity (Wildman–Crippen MR) is 114 cm³/mol. The van der Waals surface area contributed by atoms with Crippen LogP contribution in [-0.4, -0.2) is 23.0 Å². The molecule has 0 radical (unpaired) electrons. The van der Waals surface area contributed by atoms with Gasteiger partial charge in [-0.05, 0) is 61.0 Å². The molecule has 0 bridgehead atoms. The molecular formula is C23H20N2O3S. The van der Waals surface area contributed by atoms with Gasteiger partial charge in [0.05, 0.1) is 17.6 Å². The molecule has 0 N–H and O–H groups in total. The van der Waals surface area contributed by atoms with Crippen LogP contribution in [0.2, 0.25) is 0 Å². The molecule has 1 aromatic heterocycles. The Labute approximate surface area is 173 Å². The van der Waals surface area contributed by atoms with Crippen LogP contribution in [-0.2, 0) is 5.75 Å². The summed E-state index contributed by atoms with van der Waals surface area (Å²) in [5, 5.41) is 0.952. The summed E-state index contributed by atoms with van der Waals surface area (Å²) in [5.74, 6) is 3.27. The summed E-state index contributed by atoms with van der Waals surface area (Å²) in [6, 6.07) is 22.4. The standard InChI is InChI=1S/C23H20N2O3S/c1-2-26-18-10-8-17(9-11-18)25-20-6-4-3-5-19(20)24-23(25)29-14-16-7-12-21-22(13-16)28-15-27-21/h3-13H,2,14-15H2,1H3. The van der Waals surface area contributed by atoms with Crippen molar-refractivity contribution in [1.29, 1.82) is 0 Å². The molecule has 0 atom stereocenters. The number of para-hydroxylation sites is 2. The lowest BCUT2D eigenvalue weighted by molar-refractivity contribution is 0.174. The third-order valence-electron chi connectivity index (χ3n) is 4.74. The number of nitrogens with zero attached hydrogens (tertiary/aromatic N) is 2. The van der Waals surface area contributed by atoms with Gasteiger partial charge in [0.25, 0.3) is 0 Å². The maximum atomic E-state index is 5.59. The zero-order valence-electron chi connectivity index (χ0n) is 16.0. The first-order valence-corrected chi connectivity index (χ1v) is 10.5. The van der Waals surface area contributed by atoms with Crippen molar-refractivity contribution in [3.63, 3.8) is 0 Å². The van der Waals surface area contributed by atoms with Gasteiger partial charge in [-0.3, -0.25) is 4.57 Å². The maximum absolute atomic E-state index is 5.59. The molecule has 5 nitrogen and oxygen atoms in total. The third kappa shape index (κ3) is 3.51. The Balaban J connectivity index is 1.47.